The van der Waals surface area contributed by atoms with Crippen molar-refractivity contribution in [2.75, 3.05) is 20.2 Å². The van der Waals surface area contributed by atoms with E-state index in [1.165, 1.54) is 17.0 Å². The van der Waals surface area contributed by atoms with Crippen LogP contribution in [0.5, 0.6) is 5.75 Å². The van der Waals surface area contributed by atoms with Crippen LogP contribution in [-0.2, 0) is 16.6 Å². The number of nitrogens with zero attached hydrogens (tertiary/aromatic N) is 1. The number of aryl methyl sites for hydroxylation is 1. The summed E-state index contributed by atoms with van der Waals surface area (Å²) in [5.41, 5.74) is 2.19. The fraction of sp³-hybridized carbons (Fsp3) is 0.208. The van der Waals surface area contributed by atoms with Crippen molar-refractivity contribution in [2.24, 2.45) is 0 Å². The van der Waals surface area contributed by atoms with Gasteiger partial charge < -0.3 is 9.64 Å². The third-order valence-corrected chi connectivity index (χ3v) is 6.22. The highest BCUT2D eigenvalue weighted by molar-refractivity contribution is 7.89. The molecule has 0 heterocycles. The highest BCUT2D eigenvalue weighted by Gasteiger charge is 2.18. The van der Waals surface area contributed by atoms with Crippen molar-refractivity contribution >= 4 is 15.9 Å². The van der Waals surface area contributed by atoms with Crippen molar-refractivity contribution in [1.82, 2.24) is 9.62 Å². The fourth-order valence-electron chi connectivity index (χ4n) is 2.99. The van der Waals surface area contributed by atoms with E-state index in [-0.39, 0.29) is 17.3 Å². The first kappa shape index (κ1) is 22.5. The number of nitrogens with one attached hydrogen (secondary N) is 1. The highest BCUT2D eigenvalue weighted by Crippen LogP contribution is 2.17. The number of ether oxygens (including phenoxy) is 1. The number of carbonyl (C=O) groups excluding carboxylic acids is 1. The molecular weight excluding hydrogens is 412 g/mol. The predicted molar refractivity (Wildman–Crippen MR) is 121 cm³/mol. The van der Waals surface area contributed by atoms with Crippen LogP contribution in [0.15, 0.2) is 83.8 Å². The summed E-state index contributed by atoms with van der Waals surface area (Å²) < 4.78 is 33.6. The number of hydrogen-bond donors (Lipinski definition) is 1. The maximum atomic E-state index is 12.8. The smallest absolute Gasteiger partial charge is 0.253 e. The Bertz CT molecular complexity index is 1130. The van der Waals surface area contributed by atoms with Gasteiger partial charge in [-0.3, -0.25) is 4.79 Å². The van der Waals surface area contributed by atoms with Gasteiger partial charge >= 0.3 is 0 Å². The molecule has 3 aromatic rings. The van der Waals surface area contributed by atoms with E-state index in [4.69, 9.17) is 4.74 Å². The lowest BCUT2D eigenvalue weighted by Crippen LogP contribution is -2.31. The van der Waals surface area contributed by atoms with Crippen LogP contribution in [0.25, 0.3) is 0 Å². The van der Waals surface area contributed by atoms with Crippen molar-refractivity contribution in [1.29, 1.82) is 0 Å². The van der Waals surface area contributed by atoms with Crippen molar-refractivity contribution in [3.63, 3.8) is 0 Å². The Kier molecular flexibility index (Phi) is 7.44. The van der Waals surface area contributed by atoms with E-state index in [0.29, 0.717) is 18.7 Å². The zero-order valence-electron chi connectivity index (χ0n) is 17.6. The third kappa shape index (κ3) is 6.16. The molecule has 7 heteroatoms. The van der Waals surface area contributed by atoms with Gasteiger partial charge in [-0.05, 0) is 42.3 Å². The Labute approximate surface area is 183 Å². The largest absolute Gasteiger partial charge is 0.491 e. The van der Waals surface area contributed by atoms with Crippen molar-refractivity contribution in [3.05, 3.63) is 95.6 Å². The van der Waals surface area contributed by atoms with Crippen molar-refractivity contribution < 1.29 is 17.9 Å². The van der Waals surface area contributed by atoms with Gasteiger partial charge in [0.15, 0.2) is 0 Å². The third-order valence-electron chi connectivity index (χ3n) is 4.82. The minimum absolute atomic E-state index is 0.0545. The zero-order valence-corrected chi connectivity index (χ0v) is 18.4. The maximum absolute atomic E-state index is 12.8. The van der Waals surface area contributed by atoms with Crippen LogP contribution >= 0.6 is 0 Å². The molecule has 1 amide bonds. The molecule has 6 nitrogen and oxygen atoms in total. The number of likely N-dealkylation sites (N-methyl/N-ethyl adjacent to an activating group) is 1. The van der Waals surface area contributed by atoms with Gasteiger partial charge in [0.1, 0.15) is 12.4 Å². The molecule has 0 saturated heterocycles. The molecule has 3 aromatic carbocycles. The SMILES string of the molecule is Cc1ccccc1OCCN(C)C(=O)c1cccc(S(=O)(=O)NCc2ccccc2)c1. The number of sulfonamides is 1. The molecule has 3 rings (SSSR count). The standard InChI is InChI=1S/C24H26N2O4S/c1-19-9-6-7-14-23(19)30-16-15-26(2)24(27)21-12-8-13-22(17-21)31(28,29)25-18-20-10-4-3-5-11-20/h3-14,17,25H,15-16,18H2,1-2H3. The summed E-state index contributed by atoms with van der Waals surface area (Å²) in [6.45, 7) is 2.85. The van der Waals surface area contributed by atoms with Gasteiger partial charge in [0, 0.05) is 19.2 Å². The van der Waals surface area contributed by atoms with Crippen molar-refractivity contribution in [3.8, 4) is 5.75 Å². The average Bonchev–Trinajstić information content (AvgIpc) is 2.79. The van der Waals surface area contributed by atoms with Gasteiger partial charge in [0.25, 0.3) is 5.91 Å². The number of carbonyl (C=O) groups is 1. The molecule has 0 bridgehead atoms. The number of amides is 1. The fourth-order valence-corrected chi connectivity index (χ4v) is 4.05. The molecule has 31 heavy (non-hydrogen) atoms. The topological polar surface area (TPSA) is 75.7 Å². The quantitative estimate of drug-likeness (QED) is 0.554. The molecule has 0 aliphatic heterocycles. The van der Waals surface area contributed by atoms with Crippen LogP contribution in [-0.4, -0.2) is 39.4 Å². The first-order chi connectivity index (χ1) is 14.9. The Morgan fingerprint density at radius 1 is 0.968 bits per heavy atom. The zero-order chi connectivity index (χ0) is 22.3. The van der Waals surface area contributed by atoms with E-state index in [9.17, 15) is 13.2 Å². The molecule has 1 N–H and O–H groups in total. The summed E-state index contributed by atoms with van der Waals surface area (Å²) in [5.74, 6) is 0.509. The average molecular weight is 439 g/mol. The maximum Gasteiger partial charge on any atom is 0.253 e. The first-order valence-corrected chi connectivity index (χ1v) is 11.4. The number of hydrogen-bond acceptors (Lipinski definition) is 4. The van der Waals surface area contributed by atoms with Gasteiger partial charge in [0.05, 0.1) is 11.4 Å². The summed E-state index contributed by atoms with van der Waals surface area (Å²) in [6, 6.07) is 23.0. The summed E-state index contributed by atoms with van der Waals surface area (Å²) in [4.78, 5) is 14.3. The minimum atomic E-state index is -3.74. The van der Waals surface area contributed by atoms with E-state index >= 15 is 0 Å². The number of benzene rings is 3. The molecule has 0 radical (unpaired) electrons. The molecule has 0 fully saturated rings. The van der Waals surface area contributed by atoms with E-state index < -0.39 is 10.0 Å². The summed E-state index contributed by atoms with van der Waals surface area (Å²) in [7, 11) is -2.08. The van der Waals surface area contributed by atoms with Gasteiger partial charge in [-0.25, -0.2) is 13.1 Å². The molecule has 0 atom stereocenters. The van der Waals surface area contributed by atoms with Crippen LogP contribution in [0.4, 0.5) is 0 Å². The molecule has 0 aliphatic rings. The second-order valence-electron chi connectivity index (χ2n) is 7.18. The van der Waals surface area contributed by atoms with Gasteiger partial charge in [-0.1, -0.05) is 54.6 Å². The lowest BCUT2D eigenvalue weighted by molar-refractivity contribution is 0.0773. The number of rotatable bonds is 9. The van der Waals surface area contributed by atoms with E-state index in [0.717, 1.165) is 16.9 Å². The highest BCUT2D eigenvalue weighted by atomic mass is 32.2. The van der Waals surface area contributed by atoms with Gasteiger partial charge in [-0.15, -0.1) is 0 Å². The van der Waals surface area contributed by atoms with Crippen LogP contribution in [0.1, 0.15) is 21.5 Å². The molecule has 162 valence electrons. The molecule has 0 spiro atoms. The van der Waals surface area contributed by atoms with Crippen LogP contribution in [0, 0.1) is 6.92 Å². The Morgan fingerprint density at radius 3 is 2.42 bits per heavy atom. The molecule has 0 aromatic heterocycles. The second kappa shape index (κ2) is 10.2. The van der Waals surface area contributed by atoms with Crippen LogP contribution in [0.3, 0.4) is 0 Å². The lowest BCUT2D eigenvalue weighted by atomic mass is 10.2. The van der Waals surface area contributed by atoms with Crippen molar-refractivity contribution in [2.45, 2.75) is 18.4 Å². The van der Waals surface area contributed by atoms with E-state index in [2.05, 4.69) is 4.72 Å². The Hall–Kier alpha value is -3.16. The van der Waals surface area contributed by atoms with Crippen LogP contribution < -0.4 is 9.46 Å². The monoisotopic (exact) mass is 438 g/mol. The van der Waals surface area contributed by atoms with E-state index in [1.54, 1.807) is 19.2 Å². The Balaban J connectivity index is 1.61. The Morgan fingerprint density at radius 2 is 1.68 bits per heavy atom. The molecular formula is C24H26N2O4S. The molecule has 0 aliphatic carbocycles. The summed E-state index contributed by atoms with van der Waals surface area (Å²) in [5, 5.41) is 0. The molecule has 0 saturated carbocycles. The molecule has 0 unspecified atom stereocenters. The summed E-state index contributed by atoms with van der Waals surface area (Å²) >= 11 is 0. The predicted octanol–water partition coefficient (Wildman–Crippen LogP) is 3.62. The second-order valence-corrected chi connectivity index (χ2v) is 8.95. The number of para-hydroxylation sites is 1. The van der Waals surface area contributed by atoms with E-state index in [1.807, 2.05) is 61.5 Å². The van der Waals surface area contributed by atoms with Gasteiger partial charge in [0.2, 0.25) is 10.0 Å². The summed E-state index contributed by atoms with van der Waals surface area (Å²) in [6.07, 6.45) is 0. The minimum Gasteiger partial charge on any atom is -0.491 e. The normalized spacial score (nSPS) is 11.2. The first-order valence-electron chi connectivity index (χ1n) is 9.94. The van der Waals surface area contributed by atoms with Crippen LogP contribution in [0.2, 0.25) is 0 Å². The van der Waals surface area contributed by atoms with Gasteiger partial charge in [-0.2, -0.15) is 0 Å². The lowest BCUT2D eigenvalue weighted by Gasteiger charge is -2.18.